The Morgan fingerprint density at radius 2 is 1.64 bits per heavy atom. The summed E-state index contributed by atoms with van der Waals surface area (Å²) in [5, 5.41) is 0. The van der Waals surface area contributed by atoms with Crippen molar-refractivity contribution < 1.29 is 9.59 Å². The Bertz CT molecular complexity index is 195. The van der Waals surface area contributed by atoms with Crippen LogP contribution in [0.15, 0.2) is 4.99 Å². The number of rotatable bonds is 3. The maximum Gasteiger partial charge on any atom is 0.249 e. The fourth-order valence-electron chi connectivity index (χ4n) is 0.430. The van der Waals surface area contributed by atoms with E-state index < -0.39 is 11.8 Å². The normalized spacial score (nSPS) is 8.73. The Morgan fingerprint density at radius 3 is 2.00 bits per heavy atom. The van der Waals surface area contributed by atoms with Crippen LogP contribution in [0.3, 0.4) is 0 Å². The maximum absolute atomic E-state index is 10.6. The van der Waals surface area contributed by atoms with Gasteiger partial charge in [0.1, 0.15) is 0 Å². The molecule has 6 heteroatoms. The highest BCUT2D eigenvalue weighted by Crippen LogP contribution is 1.89. The summed E-state index contributed by atoms with van der Waals surface area (Å²) in [6.07, 6.45) is -0.0805. The zero-order chi connectivity index (χ0) is 8.85. The lowest BCUT2D eigenvalue weighted by atomic mass is 10.3. The largest absolute Gasteiger partial charge is 0.370 e. The minimum absolute atomic E-state index is 0.0321. The van der Waals surface area contributed by atoms with E-state index in [0.717, 1.165) is 0 Å². The summed E-state index contributed by atoms with van der Waals surface area (Å²) in [4.78, 5) is 23.9. The lowest BCUT2D eigenvalue weighted by molar-refractivity contribution is -0.123. The third kappa shape index (κ3) is 6.29. The Kier molecular flexibility index (Phi) is 3.65. The van der Waals surface area contributed by atoms with Crippen molar-refractivity contribution in [2.45, 2.75) is 12.8 Å². The van der Waals surface area contributed by atoms with Crippen LogP contribution in [0.1, 0.15) is 12.8 Å². The highest BCUT2D eigenvalue weighted by Gasteiger charge is 2.01. The van der Waals surface area contributed by atoms with Gasteiger partial charge in [0.2, 0.25) is 11.8 Å². The van der Waals surface area contributed by atoms with Crippen molar-refractivity contribution in [2.24, 2.45) is 22.2 Å². The van der Waals surface area contributed by atoms with E-state index >= 15 is 0 Å². The van der Waals surface area contributed by atoms with E-state index in [-0.39, 0.29) is 18.8 Å². The van der Waals surface area contributed by atoms with Crippen molar-refractivity contribution in [2.75, 3.05) is 0 Å². The number of hydrogen-bond acceptors (Lipinski definition) is 2. The molecule has 6 N–H and O–H groups in total. The summed E-state index contributed by atoms with van der Waals surface area (Å²) >= 11 is 0. The van der Waals surface area contributed by atoms with Gasteiger partial charge in [-0.25, -0.2) is 0 Å². The molecule has 0 fully saturated rings. The van der Waals surface area contributed by atoms with Crippen LogP contribution in [0.5, 0.6) is 0 Å². The molecule has 0 aliphatic heterocycles. The van der Waals surface area contributed by atoms with Gasteiger partial charge in [-0.15, -0.1) is 0 Å². The van der Waals surface area contributed by atoms with E-state index in [9.17, 15) is 9.59 Å². The lowest BCUT2D eigenvalue weighted by Gasteiger charge is -1.91. The molecular weight excluding hydrogens is 148 g/mol. The van der Waals surface area contributed by atoms with E-state index in [1.54, 1.807) is 0 Å². The minimum atomic E-state index is -0.552. The number of aliphatic imine (C=N–C) groups is 1. The summed E-state index contributed by atoms with van der Waals surface area (Å²) in [6.45, 7) is 0. The Morgan fingerprint density at radius 1 is 1.09 bits per heavy atom. The van der Waals surface area contributed by atoms with E-state index in [1.807, 2.05) is 0 Å². The summed E-state index contributed by atoms with van der Waals surface area (Å²) < 4.78 is 0. The van der Waals surface area contributed by atoms with Crippen LogP contribution in [0, 0.1) is 0 Å². The average molecular weight is 158 g/mol. The van der Waals surface area contributed by atoms with E-state index in [2.05, 4.69) is 4.99 Å². The predicted molar refractivity (Wildman–Crippen MR) is 39.2 cm³/mol. The SMILES string of the molecule is NC(=O)CCC(=O)N=C(N)N. The molecule has 0 atom stereocenters. The van der Waals surface area contributed by atoms with E-state index in [4.69, 9.17) is 17.2 Å². The minimum Gasteiger partial charge on any atom is -0.370 e. The van der Waals surface area contributed by atoms with E-state index in [0.29, 0.717) is 0 Å². The van der Waals surface area contributed by atoms with Crippen LogP contribution in [0.4, 0.5) is 0 Å². The number of guanidine groups is 1. The molecule has 0 bridgehead atoms. The molecule has 0 heterocycles. The first-order valence-corrected chi connectivity index (χ1v) is 2.93. The standard InChI is InChI=1S/C5H10N4O2/c6-3(10)1-2-4(11)9-5(7)8/h1-2H2,(H2,6,10)(H4,7,8,9,11). The second-order valence-electron chi connectivity index (χ2n) is 1.90. The van der Waals surface area contributed by atoms with Gasteiger partial charge in [-0.1, -0.05) is 0 Å². The Balaban J connectivity index is 3.71. The number of primary amides is 1. The fourth-order valence-corrected chi connectivity index (χ4v) is 0.430. The van der Waals surface area contributed by atoms with Crippen LogP contribution >= 0.6 is 0 Å². The topological polar surface area (TPSA) is 125 Å². The molecule has 0 saturated carbocycles. The second kappa shape index (κ2) is 4.26. The molecule has 0 rings (SSSR count). The van der Waals surface area contributed by atoms with E-state index in [1.165, 1.54) is 0 Å². The molecule has 0 spiro atoms. The molecule has 0 aromatic carbocycles. The molecular formula is C5H10N4O2. The van der Waals surface area contributed by atoms with Gasteiger partial charge < -0.3 is 17.2 Å². The maximum atomic E-state index is 10.6. The Labute approximate surface area is 63.4 Å². The number of nitrogens with two attached hydrogens (primary N) is 3. The Hall–Kier alpha value is -1.59. The first-order valence-electron chi connectivity index (χ1n) is 2.93. The highest BCUT2D eigenvalue weighted by atomic mass is 16.2. The molecule has 11 heavy (non-hydrogen) atoms. The first kappa shape index (κ1) is 9.41. The molecule has 2 amide bonds. The second-order valence-corrected chi connectivity index (χ2v) is 1.90. The van der Waals surface area contributed by atoms with Gasteiger partial charge >= 0.3 is 0 Å². The number of hydrogen-bond donors (Lipinski definition) is 3. The zero-order valence-electron chi connectivity index (χ0n) is 5.91. The summed E-state index contributed by atoms with van der Waals surface area (Å²) in [7, 11) is 0. The van der Waals surface area contributed by atoms with Gasteiger partial charge in [-0.3, -0.25) is 9.59 Å². The van der Waals surface area contributed by atoms with Crippen LogP contribution in [-0.2, 0) is 9.59 Å². The molecule has 0 aromatic rings. The summed E-state index contributed by atoms with van der Waals surface area (Å²) in [5.41, 5.74) is 14.6. The molecule has 0 aliphatic rings. The molecule has 0 aliphatic carbocycles. The van der Waals surface area contributed by atoms with Gasteiger partial charge in [-0.2, -0.15) is 4.99 Å². The van der Waals surface area contributed by atoms with Gasteiger partial charge in [0.05, 0.1) is 0 Å². The monoisotopic (exact) mass is 158 g/mol. The molecule has 0 unspecified atom stereocenters. The highest BCUT2D eigenvalue weighted by molar-refractivity contribution is 5.92. The van der Waals surface area contributed by atoms with Crippen LogP contribution in [-0.4, -0.2) is 17.8 Å². The zero-order valence-corrected chi connectivity index (χ0v) is 5.91. The number of carbonyl (C=O) groups is 2. The third-order valence-electron chi connectivity index (χ3n) is 0.839. The smallest absolute Gasteiger partial charge is 0.249 e. The van der Waals surface area contributed by atoms with Gasteiger partial charge in [0.15, 0.2) is 5.96 Å². The lowest BCUT2D eigenvalue weighted by Crippen LogP contribution is -2.24. The summed E-state index contributed by atoms with van der Waals surface area (Å²) in [5.74, 6) is -1.40. The molecule has 0 saturated heterocycles. The van der Waals surface area contributed by atoms with Crippen molar-refractivity contribution in [3.05, 3.63) is 0 Å². The molecule has 62 valence electrons. The van der Waals surface area contributed by atoms with Gasteiger partial charge in [-0.05, 0) is 0 Å². The predicted octanol–water partition coefficient (Wildman–Crippen LogP) is -1.95. The van der Waals surface area contributed by atoms with Crippen LogP contribution in [0.25, 0.3) is 0 Å². The van der Waals surface area contributed by atoms with Crippen LogP contribution < -0.4 is 17.2 Å². The molecule has 6 nitrogen and oxygen atoms in total. The molecule has 0 aromatic heterocycles. The quantitative estimate of drug-likeness (QED) is 0.326. The summed E-state index contributed by atoms with van der Waals surface area (Å²) in [6, 6.07) is 0. The number of amides is 2. The third-order valence-corrected chi connectivity index (χ3v) is 0.839. The first-order chi connectivity index (χ1) is 5.02. The number of nitrogens with zero attached hydrogens (tertiary/aromatic N) is 1. The van der Waals surface area contributed by atoms with Gasteiger partial charge in [0, 0.05) is 12.8 Å². The van der Waals surface area contributed by atoms with Crippen molar-refractivity contribution in [1.29, 1.82) is 0 Å². The van der Waals surface area contributed by atoms with Crippen LogP contribution in [0.2, 0.25) is 0 Å². The van der Waals surface area contributed by atoms with Crippen molar-refractivity contribution in [3.63, 3.8) is 0 Å². The van der Waals surface area contributed by atoms with Gasteiger partial charge in [0.25, 0.3) is 0 Å². The van der Waals surface area contributed by atoms with Crippen molar-refractivity contribution in [1.82, 2.24) is 0 Å². The van der Waals surface area contributed by atoms with Crippen molar-refractivity contribution in [3.8, 4) is 0 Å². The fraction of sp³-hybridized carbons (Fsp3) is 0.400. The number of carbonyl (C=O) groups excluding carboxylic acids is 2. The average Bonchev–Trinajstić information content (AvgIpc) is 1.82. The van der Waals surface area contributed by atoms with Crippen molar-refractivity contribution >= 4 is 17.8 Å². The molecule has 0 radical (unpaired) electrons.